The van der Waals surface area contributed by atoms with Gasteiger partial charge in [-0.1, -0.05) is 5.16 Å². The van der Waals surface area contributed by atoms with Gasteiger partial charge < -0.3 is 25.2 Å². The molecule has 4 atom stereocenters. The van der Waals surface area contributed by atoms with Crippen molar-refractivity contribution in [1.82, 2.24) is 10.5 Å². The number of hydrogen-bond donors (Lipinski definition) is 4. The van der Waals surface area contributed by atoms with Gasteiger partial charge in [-0.05, 0) is 20.3 Å². The molecule has 1 heterocycles. The van der Waals surface area contributed by atoms with E-state index in [0.717, 1.165) is 17.0 Å². The summed E-state index contributed by atoms with van der Waals surface area (Å²) in [6.07, 6.45) is -1.15. The van der Waals surface area contributed by atoms with Crippen molar-refractivity contribution in [3.05, 3.63) is 17.0 Å². The van der Waals surface area contributed by atoms with Crippen LogP contribution in [0.25, 0.3) is 0 Å². The lowest BCUT2D eigenvalue weighted by Crippen LogP contribution is -2.39. The van der Waals surface area contributed by atoms with Crippen molar-refractivity contribution < 1.29 is 19.8 Å². The lowest BCUT2D eigenvalue weighted by Gasteiger charge is -2.17. The van der Waals surface area contributed by atoms with E-state index < -0.39 is 12.2 Å². The van der Waals surface area contributed by atoms with Gasteiger partial charge in [-0.2, -0.15) is 0 Å². The van der Waals surface area contributed by atoms with Crippen LogP contribution in [0.5, 0.6) is 0 Å². The summed E-state index contributed by atoms with van der Waals surface area (Å²) in [5.41, 5.74) is 1.80. The van der Waals surface area contributed by atoms with Crippen LogP contribution in [-0.4, -0.2) is 45.3 Å². The zero-order valence-electron chi connectivity index (χ0n) is 11.0. The summed E-state index contributed by atoms with van der Waals surface area (Å²) in [5, 5.41) is 35.7. The Morgan fingerprint density at radius 2 is 2.00 bits per heavy atom. The van der Waals surface area contributed by atoms with Gasteiger partial charge in [0, 0.05) is 30.7 Å². The molecule has 110 valence electrons. The van der Waals surface area contributed by atoms with Gasteiger partial charge in [-0.25, -0.2) is 0 Å². The van der Waals surface area contributed by atoms with Gasteiger partial charge in [0.2, 0.25) is 0 Å². The van der Waals surface area contributed by atoms with Gasteiger partial charge in [0.25, 0.3) is 0 Å². The van der Waals surface area contributed by atoms with Crippen molar-refractivity contribution in [2.75, 3.05) is 6.61 Å². The maximum absolute atomic E-state index is 9.86. The zero-order chi connectivity index (χ0) is 13.3. The Kier molecular flexibility index (Phi) is 5.76. The molecule has 19 heavy (non-hydrogen) atoms. The fourth-order valence-corrected chi connectivity index (χ4v) is 2.50. The maximum Gasteiger partial charge on any atom is 0.138 e. The Balaban J connectivity index is 0.00000180. The molecular formula is C12H21ClN2O4. The van der Waals surface area contributed by atoms with Gasteiger partial charge in [0.05, 0.1) is 17.9 Å². The molecule has 0 aliphatic heterocycles. The minimum atomic E-state index is -0.864. The van der Waals surface area contributed by atoms with Crippen molar-refractivity contribution in [2.24, 2.45) is 5.92 Å². The first-order chi connectivity index (χ1) is 8.54. The Hall–Kier alpha value is -0.660. The Labute approximate surface area is 118 Å². The highest BCUT2D eigenvalue weighted by atomic mass is 35.5. The number of aliphatic hydroxyl groups is 3. The van der Waals surface area contributed by atoms with E-state index in [2.05, 4.69) is 10.5 Å². The molecule has 1 aliphatic rings. The molecule has 0 unspecified atom stereocenters. The van der Waals surface area contributed by atoms with Crippen LogP contribution in [0.2, 0.25) is 0 Å². The summed E-state index contributed by atoms with van der Waals surface area (Å²) in [5.74, 6) is 0.494. The minimum absolute atomic E-state index is 0. The maximum atomic E-state index is 9.86. The highest BCUT2D eigenvalue weighted by Crippen LogP contribution is 2.26. The number of nitrogens with zero attached hydrogens (tertiary/aromatic N) is 1. The van der Waals surface area contributed by atoms with Gasteiger partial charge in [0.1, 0.15) is 5.76 Å². The molecule has 1 fully saturated rings. The van der Waals surface area contributed by atoms with Crippen molar-refractivity contribution >= 4 is 12.4 Å². The van der Waals surface area contributed by atoms with Crippen molar-refractivity contribution in [3.8, 4) is 0 Å². The SMILES string of the molecule is Cc1noc(C)c1CN[C@@H]1C[C@H](CO)[C@@H](O)[C@H]1O.Cl. The van der Waals surface area contributed by atoms with Crippen LogP contribution in [0.15, 0.2) is 4.52 Å². The van der Waals surface area contributed by atoms with E-state index in [-0.39, 0.29) is 31.0 Å². The zero-order valence-corrected chi connectivity index (χ0v) is 11.9. The van der Waals surface area contributed by atoms with E-state index in [0.29, 0.717) is 13.0 Å². The predicted molar refractivity (Wildman–Crippen MR) is 71.1 cm³/mol. The van der Waals surface area contributed by atoms with Gasteiger partial charge in [-0.15, -0.1) is 12.4 Å². The van der Waals surface area contributed by atoms with E-state index in [4.69, 9.17) is 9.63 Å². The third kappa shape index (κ3) is 3.27. The number of aliphatic hydroxyl groups excluding tert-OH is 3. The molecule has 7 heteroatoms. The first-order valence-electron chi connectivity index (χ1n) is 6.16. The van der Waals surface area contributed by atoms with Crippen molar-refractivity contribution in [1.29, 1.82) is 0 Å². The van der Waals surface area contributed by atoms with Crippen LogP contribution in [-0.2, 0) is 6.54 Å². The number of hydrogen-bond acceptors (Lipinski definition) is 6. The van der Waals surface area contributed by atoms with Crippen LogP contribution in [0.1, 0.15) is 23.4 Å². The highest BCUT2D eigenvalue weighted by Gasteiger charge is 2.40. The first-order valence-corrected chi connectivity index (χ1v) is 6.16. The average molecular weight is 293 g/mol. The van der Waals surface area contributed by atoms with E-state index in [1.54, 1.807) is 0 Å². The molecule has 0 saturated heterocycles. The van der Waals surface area contributed by atoms with Gasteiger partial charge >= 0.3 is 0 Å². The topological polar surface area (TPSA) is 98.8 Å². The second-order valence-electron chi connectivity index (χ2n) is 4.95. The Morgan fingerprint density at radius 3 is 2.47 bits per heavy atom. The van der Waals surface area contributed by atoms with Crippen LogP contribution >= 0.6 is 12.4 Å². The van der Waals surface area contributed by atoms with E-state index in [1.165, 1.54) is 0 Å². The van der Waals surface area contributed by atoms with Crippen molar-refractivity contribution in [2.45, 2.75) is 45.1 Å². The normalized spacial score (nSPS) is 30.4. The second kappa shape index (κ2) is 6.67. The highest BCUT2D eigenvalue weighted by molar-refractivity contribution is 5.85. The fraction of sp³-hybridized carbons (Fsp3) is 0.750. The van der Waals surface area contributed by atoms with Gasteiger partial charge in [0.15, 0.2) is 0 Å². The summed E-state index contributed by atoms with van der Waals surface area (Å²) in [4.78, 5) is 0. The third-order valence-corrected chi connectivity index (χ3v) is 3.76. The minimum Gasteiger partial charge on any atom is -0.396 e. The summed E-state index contributed by atoms with van der Waals surface area (Å²) >= 11 is 0. The molecule has 0 aromatic carbocycles. The summed E-state index contributed by atoms with van der Waals surface area (Å²) in [6, 6.07) is -0.217. The Bertz CT molecular complexity index is 393. The molecule has 2 rings (SSSR count). The van der Waals surface area contributed by atoms with Gasteiger partial charge in [-0.3, -0.25) is 0 Å². The monoisotopic (exact) mass is 292 g/mol. The number of halogens is 1. The largest absolute Gasteiger partial charge is 0.396 e. The molecular weight excluding hydrogens is 272 g/mol. The first kappa shape index (κ1) is 16.4. The molecule has 0 bridgehead atoms. The lowest BCUT2D eigenvalue weighted by molar-refractivity contribution is -0.000347. The summed E-state index contributed by atoms with van der Waals surface area (Å²) in [7, 11) is 0. The molecule has 4 N–H and O–H groups in total. The van der Waals surface area contributed by atoms with Crippen LogP contribution in [0.3, 0.4) is 0 Å². The third-order valence-electron chi connectivity index (χ3n) is 3.76. The molecule has 1 aromatic heterocycles. The molecule has 1 aromatic rings. The standard InChI is InChI=1S/C12H20N2O4.ClH/c1-6-9(7(2)18-14-6)4-13-10-3-8(5-15)11(16)12(10)17;/h8,10-13,15-17H,3-5H2,1-2H3;1H/t8-,10-,11-,12+;/m1./s1. The predicted octanol–water partition coefficient (Wildman–Crippen LogP) is -0.0946. The van der Waals surface area contributed by atoms with E-state index in [1.807, 2.05) is 13.8 Å². The molecule has 0 spiro atoms. The number of aromatic nitrogens is 1. The lowest BCUT2D eigenvalue weighted by atomic mass is 10.1. The average Bonchev–Trinajstić information content (AvgIpc) is 2.81. The smallest absolute Gasteiger partial charge is 0.138 e. The molecule has 1 aliphatic carbocycles. The van der Waals surface area contributed by atoms with Crippen molar-refractivity contribution in [3.63, 3.8) is 0 Å². The van der Waals surface area contributed by atoms with Crippen LogP contribution < -0.4 is 5.32 Å². The Morgan fingerprint density at radius 1 is 1.32 bits per heavy atom. The number of rotatable bonds is 4. The van der Waals surface area contributed by atoms with E-state index in [9.17, 15) is 10.2 Å². The summed E-state index contributed by atoms with van der Waals surface area (Å²) in [6.45, 7) is 4.13. The second-order valence-corrected chi connectivity index (χ2v) is 4.95. The van der Waals surface area contributed by atoms with E-state index >= 15 is 0 Å². The number of aryl methyl sites for hydroxylation is 2. The fourth-order valence-electron chi connectivity index (χ4n) is 2.50. The molecule has 1 saturated carbocycles. The quantitative estimate of drug-likeness (QED) is 0.619. The van der Waals surface area contributed by atoms with Crippen LogP contribution in [0, 0.1) is 19.8 Å². The summed E-state index contributed by atoms with van der Waals surface area (Å²) < 4.78 is 5.06. The molecule has 6 nitrogen and oxygen atoms in total. The number of nitrogens with one attached hydrogen (secondary N) is 1. The van der Waals surface area contributed by atoms with Crippen LogP contribution in [0.4, 0.5) is 0 Å². The molecule has 0 amide bonds. The molecule has 0 radical (unpaired) electrons.